The molecule has 0 aliphatic carbocycles. The van der Waals surface area contributed by atoms with Crippen LogP contribution in [0.2, 0.25) is 0 Å². The van der Waals surface area contributed by atoms with Crippen molar-refractivity contribution >= 4 is 17.4 Å². The van der Waals surface area contributed by atoms with Gasteiger partial charge in [-0.2, -0.15) is 0 Å². The van der Waals surface area contributed by atoms with Gasteiger partial charge in [0.1, 0.15) is 12.4 Å². The van der Waals surface area contributed by atoms with Gasteiger partial charge >= 0.3 is 0 Å². The van der Waals surface area contributed by atoms with E-state index in [2.05, 4.69) is 5.32 Å². The highest BCUT2D eigenvalue weighted by Crippen LogP contribution is 2.22. The molecule has 1 saturated heterocycles. The summed E-state index contributed by atoms with van der Waals surface area (Å²) in [6.45, 7) is 2.72. The number of carbonyl (C=O) groups excluding carboxylic acids is 2. The Hall–Kier alpha value is -2.66. The van der Waals surface area contributed by atoms with Gasteiger partial charge < -0.3 is 14.8 Å². The lowest BCUT2D eigenvalue weighted by atomic mass is 10.1. The lowest BCUT2D eigenvalue weighted by molar-refractivity contribution is 0.0673. The second-order valence-electron chi connectivity index (χ2n) is 6.03. The molecule has 1 aliphatic rings. The number of para-hydroxylation sites is 1. The predicted octanol–water partition coefficient (Wildman–Crippen LogP) is 3.70. The van der Waals surface area contributed by atoms with Crippen molar-refractivity contribution in [1.29, 1.82) is 0 Å². The Morgan fingerprint density at radius 2 is 1.92 bits per heavy atom. The first-order valence-corrected chi connectivity index (χ1v) is 8.39. The molecule has 0 aromatic heterocycles. The molecule has 0 radical (unpaired) electrons. The van der Waals surface area contributed by atoms with Gasteiger partial charge in [0.05, 0.1) is 11.7 Å². The maximum atomic E-state index is 12.6. The zero-order valence-electron chi connectivity index (χ0n) is 14.2. The van der Waals surface area contributed by atoms with E-state index in [0.717, 1.165) is 19.4 Å². The summed E-state index contributed by atoms with van der Waals surface area (Å²) in [5, 5.41) is 2.83. The van der Waals surface area contributed by atoms with Crippen LogP contribution in [0.3, 0.4) is 0 Å². The monoisotopic (exact) mass is 339 g/mol. The van der Waals surface area contributed by atoms with Crippen molar-refractivity contribution in [3.8, 4) is 5.75 Å². The third kappa shape index (κ3) is 4.45. The molecular weight excluding hydrogens is 318 g/mol. The number of anilines is 1. The van der Waals surface area contributed by atoms with Crippen LogP contribution in [0, 0.1) is 0 Å². The fourth-order valence-corrected chi connectivity index (χ4v) is 2.73. The van der Waals surface area contributed by atoms with E-state index >= 15 is 0 Å². The van der Waals surface area contributed by atoms with Gasteiger partial charge in [0.15, 0.2) is 5.78 Å². The molecule has 5 nitrogen and oxygen atoms in total. The van der Waals surface area contributed by atoms with Crippen LogP contribution in [-0.2, 0) is 4.74 Å². The van der Waals surface area contributed by atoms with Gasteiger partial charge in [0.2, 0.25) is 0 Å². The molecule has 0 saturated carbocycles. The second kappa shape index (κ2) is 7.94. The Balaban J connectivity index is 1.67. The number of ketones is 1. The number of Topliss-reactive ketones (excluding diaryl/α,β-unsaturated/α-hetero) is 1. The molecule has 2 aromatic rings. The number of hydrogen-bond donors (Lipinski definition) is 1. The molecule has 25 heavy (non-hydrogen) atoms. The number of rotatable bonds is 6. The van der Waals surface area contributed by atoms with Gasteiger partial charge in [0, 0.05) is 17.9 Å². The number of benzene rings is 2. The summed E-state index contributed by atoms with van der Waals surface area (Å²) in [5.41, 5.74) is 1.71. The van der Waals surface area contributed by atoms with E-state index in [1.807, 2.05) is 6.07 Å². The first kappa shape index (κ1) is 17.2. The van der Waals surface area contributed by atoms with Crippen molar-refractivity contribution in [3.05, 3.63) is 59.7 Å². The minimum atomic E-state index is -0.251. The average Bonchev–Trinajstić information content (AvgIpc) is 3.14. The van der Waals surface area contributed by atoms with Crippen LogP contribution in [-0.4, -0.2) is 31.0 Å². The molecule has 1 fully saturated rings. The van der Waals surface area contributed by atoms with Crippen LogP contribution in [0.1, 0.15) is 40.5 Å². The number of hydrogen-bond acceptors (Lipinski definition) is 4. The standard InChI is InChI=1S/C20H21NO4/c1-14(22)15-8-10-16(11-9-15)21-20(23)18-6-2-3-7-19(18)25-13-17-5-4-12-24-17/h2-3,6-11,17H,4-5,12-13H2,1H3,(H,21,23). The quantitative estimate of drug-likeness (QED) is 0.815. The SMILES string of the molecule is CC(=O)c1ccc(NC(=O)c2ccccc2OCC2CCCO2)cc1. The summed E-state index contributed by atoms with van der Waals surface area (Å²) in [6, 6.07) is 14.0. The molecule has 2 aromatic carbocycles. The van der Waals surface area contributed by atoms with E-state index in [0.29, 0.717) is 29.2 Å². The normalized spacial score (nSPS) is 16.4. The first-order valence-electron chi connectivity index (χ1n) is 8.39. The molecule has 1 atom stereocenters. The summed E-state index contributed by atoms with van der Waals surface area (Å²) in [5.74, 6) is 0.278. The highest BCUT2D eigenvalue weighted by Gasteiger charge is 2.18. The minimum Gasteiger partial charge on any atom is -0.490 e. The Kier molecular flexibility index (Phi) is 5.46. The molecule has 0 bridgehead atoms. The largest absolute Gasteiger partial charge is 0.490 e. The van der Waals surface area contributed by atoms with Crippen molar-refractivity contribution in [2.45, 2.75) is 25.9 Å². The van der Waals surface area contributed by atoms with Gasteiger partial charge in [-0.1, -0.05) is 12.1 Å². The molecule has 3 rings (SSSR count). The number of carbonyl (C=O) groups is 2. The summed E-state index contributed by atoms with van der Waals surface area (Å²) < 4.78 is 11.3. The maximum absolute atomic E-state index is 12.6. The van der Waals surface area contributed by atoms with Crippen LogP contribution >= 0.6 is 0 Å². The number of ether oxygens (including phenoxy) is 2. The van der Waals surface area contributed by atoms with E-state index in [-0.39, 0.29) is 17.8 Å². The second-order valence-corrected chi connectivity index (χ2v) is 6.03. The van der Waals surface area contributed by atoms with Crippen molar-refractivity contribution in [2.75, 3.05) is 18.5 Å². The average molecular weight is 339 g/mol. The Morgan fingerprint density at radius 1 is 1.16 bits per heavy atom. The van der Waals surface area contributed by atoms with Crippen molar-refractivity contribution < 1.29 is 19.1 Å². The third-order valence-electron chi connectivity index (χ3n) is 4.13. The van der Waals surface area contributed by atoms with Gasteiger partial charge in [-0.15, -0.1) is 0 Å². The van der Waals surface area contributed by atoms with E-state index in [9.17, 15) is 9.59 Å². The highest BCUT2D eigenvalue weighted by molar-refractivity contribution is 6.06. The van der Waals surface area contributed by atoms with Gasteiger partial charge in [-0.05, 0) is 56.2 Å². The molecular formula is C20H21NO4. The summed E-state index contributed by atoms with van der Waals surface area (Å²) >= 11 is 0. The van der Waals surface area contributed by atoms with E-state index in [1.165, 1.54) is 6.92 Å². The molecule has 130 valence electrons. The smallest absolute Gasteiger partial charge is 0.259 e. The Bertz CT molecular complexity index is 749. The lowest BCUT2D eigenvalue weighted by Crippen LogP contribution is -2.19. The van der Waals surface area contributed by atoms with Crippen LogP contribution in [0.15, 0.2) is 48.5 Å². The Labute approximate surface area is 147 Å². The molecule has 5 heteroatoms. The maximum Gasteiger partial charge on any atom is 0.259 e. The van der Waals surface area contributed by atoms with Crippen LogP contribution in [0.25, 0.3) is 0 Å². The van der Waals surface area contributed by atoms with Crippen molar-refractivity contribution in [1.82, 2.24) is 0 Å². The molecule has 1 amide bonds. The molecule has 1 N–H and O–H groups in total. The van der Waals surface area contributed by atoms with Crippen molar-refractivity contribution in [3.63, 3.8) is 0 Å². The molecule has 1 aliphatic heterocycles. The fourth-order valence-electron chi connectivity index (χ4n) is 2.73. The number of amides is 1. The number of nitrogens with one attached hydrogen (secondary N) is 1. The fraction of sp³-hybridized carbons (Fsp3) is 0.300. The highest BCUT2D eigenvalue weighted by atomic mass is 16.5. The molecule has 0 spiro atoms. The van der Waals surface area contributed by atoms with Gasteiger partial charge in [-0.25, -0.2) is 0 Å². The minimum absolute atomic E-state index is 0.00856. The van der Waals surface area contributed by atoms with E-state index < -0.39 is 0 Å². The van der Waals surface area contributed by atoms with Gasteiger partial charge in [-0.3, -0.25) is 9.59 Å². The van der Waals surface area contributed by atoms with Crippen molar-refractivity contribution in [2.24, 2.45) is 0 Å². The summed E-state index contributed by atoms with van der Waals surface area (Å²) in [7, 11) is 0. The topological polar surface area (TPSA) is 64.6 Å². The van der Waals surface area contributed by atoms with Crippen LogP contribution < -0.4 is 10.1 Å². The van der Waals surface area contributed by atoms with Crippen LogP contribution in [0.4, 0.5) is 5.69 Å². The third-order valence-corrected chi connectivity index (χ3v) is 4.13. The van der Waals surface area contributed by atoms with Gasteiger partial charge in [0.25, 0.3) is 5.91 Å². The Morgan fingerprint density at radius 3 is 2.60 bits per heavy atom. The summed E-state index contributed by atoms with van der Waals surface area (Å²) in [6.07, 6.45) is 2.12. The van der Waals surface area contributed by atoms with Crippen LogP contribution in [0.5, 0.6) is 5.75 Å². The predicted molar refractivity (Wildman–Crippen MR) is 95.3 cm³/mol. The first-order chi connectivity index (χ1) is 12.1. The zero-order valence-corrected chi connectivity index (χ0v) is 14.2. The molecule has 1 heterocycles. The lowest BCUT2D eigenvalue weighted by Gasteiger charge is -2.14. The van der Waals surface area contributed by atoms with E-state index in [1.54, 1.807) is 42.5 Å². The zero-order chi connectivity index (χ0) is 17.6. The summed E-state index contributed by atoms with van der Waals surface area (Å²) in [4.78, 5) is 23.9. The molecule has 1 unspecified atom stereocenters. The van der Waals surface area contributed by atoms with E-state index in [4.69, 9.17) is 9.47 Å².